The molecule has 6 nitrogen and oxygen atoms in total. The van der Waals surface area contributed by atoms with Crippen molar-refractivity contribution in [1.29, 1.82) is 0 Å². The second-order valence-corrected chi connectivity index (χ2v) is 6.63. The Bertz CT molecular complexity index is 685. The van der Waals surface area contributed by atoms with Gasteiger partial charge >= 0.3 is 0 Å². The molecule has 2 aromatic rings. The van der Waals surface area contributed by atoms with E-state index in [2.05, 4.69) is 15.6 Å². The van der Waals surface area contributed by atoms with Crippen molar-refractivity contribution in [3.8, 4) is 10.6 Å². The molecule has 1 aromatic carbocycles. The van der Waals surface area contributed by atoms with Crippen LogP contribution in [0.5, 0.6) is 0 Å². The zero-order valence-corrected chi connectivity index (χ0v) is 14.6. The van der Waals surface area contributed by atoms with Gasteiger partial charge in [0.05, 0.1) is 24.8 Å². The van der Waals surface area contributed by atoms with Gasteiger partial charge in [-0.2, -0.15) is 0 Å². The molecule has 128 valence electrons. The number of carbonyl (C=O) groups is 2. The van der Waals surface area contributed by atoms with Gasteiger partial charge in [0, 0.05) is 10.9 Å². The van der Waals surface area contributed by atoms with Gasteiger partial charge in [-0.05, 0) is 5.92 Å². The summed E-state index contributed by atoms with van der Waals surface area (Å²) < 4.78 is 0. The maximum atomic E-state index is 11.8. The minimum atomic E-state index is -0.607. The van der Waals surface area contributed by atoms with Gasteiger partial charge < -0.3 is 16.4 Å². The maximum Gasteiger partial charge on any atom is 0.239 e. The SMILES string of the molecule is CC(C)[C@H](N)C(=O)NCC(=O)NCc1csc(-c2ccccc2)n1. The molecule has 2 rings (SSSR count). The predicted molar refractivity (Wildman–Crippen MR) is 95.2 cm³/mol. The standard InChI is InChI=1S/C17H22N4O2S/c1-11(2)15(18)16(23)20-9-14(22)19-8-13-10-24-17(21-13)12-6-4-3-5-7-12/h3-7,10-11,15H,8-9,18H2,1-2H3,(H,19,22)(H,20,23)/t15-/m0/s1. The quantitative estimate of drug-likeness (QED) is 0.708. The summed E-state index contributed by atoms with van der Waals surface area (Å²) in [6, 6.07) is 9.26. The van der Waals surface area contributed by atoms with Crippen LogP contribution in [-0.2, 0) is 16.1 Å². The number of nitrogens with two attached hydrogens (primary N) is 1. The first-order valence-corrected chi connectivity index (χ1v) is 8.65. The van der Waals surface area contributed by atoms with Crippen molar-refractivity contribution in [3.63, 3.8) is 0 Å². The smallest absolute Gasteiger partial charge is 0.239 e. The second kappa shape index (κ2) is 8.56. The molecule has 0 fully saturated rings. The molecular formula is C17H22N4O2S. The summed E-state index contributed by atoms with van der Waals surface area (Å²) in [5.74, 6) is -0.562. The van der Waals surface area contributed by atoms with Crippen molar-refractivity contribution in [2.75, 3.05) is 6.54 Å². The number of aromatic nitrogens is 1. The van der Waals surface area contributed by atoms with Crippen molar-refractivity contribution >= 4 is 23.2 Å². The van der Waals surface area contributed by atoms with E-state index in [0.29, 0.717) is 6.54 Å². The third-order valence-corrected chi connectivity index (χ3v) is 4.42. The highest BCUT2D eigenvalue weighted by Gasteiger charge is 2.17. The molecular weight excluding hydrogens is 324 g/mol. The number of amides is 2. The summed E-state index contributed by atoms with van der Waals surface area (Å²) in [6.07, 6.45) is 0. The molecule has 2 amide bonds. The molecule has 0 aliphatic heterocycles. The maximum absolute atomic E-state index is 11.8. The molecule has 0 spiro atoms. The summed E-state index contributed by atoms with van der Waals surface area (Å²) in [5.41, 5.74) is 7.56. The average molecular weight is 346 g/mol. The summed E-state index contributed by atoms with van der Waals surface area (Å²) in [5, 5.41) is 8.10. The van der Waals surface area contributed by atoms with E-state index in [9.17, 15) is 9.59 Å². The van der Waals surface area contributed by atoms with E-state index in [0.717, 1.165) is 16.3 Å². The third-order valence-electron chi connectivity index (χ3n) is 3.48. The lowest BCUT2D eigenvalue weighted by molar-refractivity contribution is -0.127. The molecule has 0 saturated carbocycles. The molecule has 1 heterocycles. The Balaban J connectivity index is 1.78. The van der Waals surface area contributed by atoms with Gasteiger partial charge in [-0.15, -0.1) is 11.3 Å². The summed E-state index contributed by atoms with van der Waals surface area (Å²) in [4.78, 5) is 28.0. The molecule has 0 radical (unpaired) electrons. The van der Waals surface area contributed by atoms with Crippen molar-refractivity contribution in [2.24, 2.45) is 11.7 Å². The Kier molecular flexibility index (Phi) is 6.45. The van der Waals surface area contributed by atoms with Gasteiger partial charge in [0.25, 0.3) is 0 Å². The third kappa shape index (κ3) is 5.14. The molecule has 4 N–H and O–H groups in total. The van der Waals surface area contributed by atoms with Crippen LogP contribution in [0.1, 0.15) is 19.5 Å². The van der Waals surface area contributed by atoms with Gasteiger partial charge in [-0.25, -0.2) is 4.98 Å². The highest BCUT2D eigenvalue weighted by Crippen LogP contribution is 2.23. The summed E-state index contributed by atoms with van der Waals surface area (Å²) in [6.45, 7) is 3.96. The topological polar surface area (TPSA) is 97.1 Å². The van der Waals surface area contributed by atoms with Crippen molar-refractivity contribution < 1.29 is 9.59 Å². The van der Waals surface area contributed by atoms with Crippen LogP contribution < -0.4 is 16.4 Å². The minimum Gasteiger partial charge on any atom is -0.349 e. The summed E-state index contributed by atoms with van der Waals surface area (Å²) >= 11 is 1.53. The fourth-order valence-electron chi connectivity index (χ4n) is 1.94. The normalized spacial score (nSPS) is 12.0. The number of hydrogen-bond acceptors (Lipinski definition) is 5. The fraction of sp³-hybridized carbons (Fsp3) is 0.353. The summed E-state index contributed by atoms with van der Waals surface area (Å²) in [7, 11) is 0. The second-order valence-electron chi connectivity index (χ2n) is 5.77. The molecule has 1 aromatic heterocycles. The van der Waals surface area contributed by atoms with Gasteiger partial charge in [0.2, 0.25) is 11.8 Å². The van der Waals surface area contributed by atoms with Crippen LogP contribution in [0.15, 0.2) is 35.7 Å². The largest absolute Gasteiger partial charge is 0.349 e. The van der Waals surface area contributed by atoms with Gasteiger partial charge in [-0.1, -0.05) is 44.2 Å². The Morgan fingerprint density at radius 1 is 1.21 bits per heavy atom. The van der Waals surface area contributed by atoms with E-state index in [1.165, 1.54) is 11.3 Å². The number of rotatable bonds is 7. The zero-order valence-electron chi connectivity index (χ0n) is 13.8. The van der Waals surface area contributed by atoms with Crippen LogP contribution in [0.3, 0.4) is 0 Å². The monoisotopic (exact) mass is 346 g/mol. The molecule has 0 aliphatic carbocycles. The first kappa shape index (κ1) is 18.1. The predicted octanol–water partition coefficient (Wildman–Crippen LogP) is 1.53. The fourth-order valence-corrected chi connectivity index (χ4v) is 2.77. The van der Waals surface area contributed by atoms with Crippen molar-refractivity contribution in [1.82, 2.24) is 15.6 Å². The molecule has 0 unspecified atom stereocenters. The average Bonchev–Trinajstić information content (AvgIpc) is 3.06. The van der Waals surface area contributed by atoms with Crippen molar-refractivity contribution in [3.05, 3.63) is 41.4 Å². The minimum absolute atomic E-state index is 0.0273. The Labute approximate surface area is 145 Å². The highest BCUT2D eigenvalue weighted by atomic mass is 32.1. The van der Waals surface area contributed by atoms with Crippen LogP contribution in [-0.4, -0.2) is 29.4 Å². The van der Waals surface area contributed by atoms with Crippen LogP contribution in [0.2, 0.25) is 0 Å². The van der Waals surface area contributed by atoms with E-state index in [1.807, 2.05) is 49.6 Å². The van der Waals surface area contributed by atoms with Crippen molar-refractivity contribution in [2.45, 2.75) is 26.4 Å². The van der Waals surface area contributed by atoms with Crippen LogP contribution >= 0.6 is 11.3 Å². The first-order valence-electron chi connectivity index (χ1n) is 7.77. The lowest BCUT2D eigenvalue weighted by Gasteiger charge is -2.14. The molecule has 24 heavy (non-hydrogen) atoms. The number of thiazole rings is 1. The van der Waals surface area contributed by atoms with Crippen LogP contribution in [0.25, 0.3) is 10.6 Å². The number of nitrogens with one attached hydrogen (secondary N) is 2. The Morgan fingerprint density at radius 2 is 1.92 bits per heavy atom. The molecule has 0 saturated heterocycles. The van der Waals surface area contributed by atoms with E-state index >= 15 is 0 Å². The van der Waals surface area contributed by atoms with E-state index in [4.69, 9.17) is 5.73 Å². The molecule has 1 atom stereocenters. The molecule has 0 bridgehead atoms. The van der Waals surface area contributed by atoms with Crippen LogP contribution in [0.4, 0.5) is 0 Å². The van der Waals surface area contributed by atoms with Gasteiger partial charge in [0.1, 0.15) is 5.01 Å². The lowest BCUT2D eigenvalue weighted by atomic mass is 10.1. The molecule has 0 aliphatic rings. The van der Waals surface area contributed by atoms with E-state index in [1.54, 1.807) is 0 Å². The van der Waals surface area contributed by atoms with E-state index < -0.39 is 6.04 Å². The van der Waals surface area contributed by atoms with Gasteiger partial charge in [0.15, 0.2) is 0 Å². The lowest BCUT2D eigenvalue weighted by Crippen LogP contribution is -2.47. The number of carbonyl (C=O) groups excluding carboxylic acids is 2. The Hall–Kier alpha value is -2.25. The number of benzene rings is 1. The highest BCUT2D eigenvalue weighted by molar-refractivity contribution is 7.13. The number of nitrogens with zero attached hydrogens (tertiary/aromatic N) is 1. The zero-order chi connectivity index (χ0) is 17.5. The van der Waals surface area contributed by atoms with Gasteiger partial charge in [-0.3, -0.25) is 9.59 Å². The first-order chi connectivity index (χ1) is 11.5. The van der Waals surface area contributed by atoms with Crippen LogP contribution in [0, 0.1) is 5.92 Å². The molecule has 7 heteroatoms. The Morgan fingerprint density at radius 3 is 2.58 bits per heavy atom. The number of hydrogen-bond donors (Lipinski definition) is 3. The van der Waals surface area contributed by atoms with E-state index in [-0.39, 0.29) is 24.3 Å².